The van der Waals surface area contributed by atoms with Crippen molar-refractivity contribution >= 4 is 34.5 Å². The summed E-state index contributed by atoms with van der Waals surface area (Å²) in [5, 5.41) is 3.87. The van der Waals surface area contributed by atoms with Crippen molar-refractivity contribution in [1.82, 2.24) is 19.7 Å². The normalized spacial score (nSPS) is 16.3. The van der Waals surface area contributed by atoms with Crippen LogP contribution in [0.1, 0.15) is 6.92 Å². The van der Waals surface area contributed by atoms with Crippen molar-refractivity contribution in [3.63, 3.8) is 0 Å². The predicted molar refractivity (Wildman–Crippen MR) is 89.2 cm³/mol. The maximum absolute atomic E-state index is 6.16. The van der Waals surface area contributed by atoms with Crippen LogP contribution in [0.2, 0.25) is 0 Å². The monoisotopic (exact) mass is 333 g/mol. The molecule has 23 heavy (non-hydrogen) atoms. The lowest BCUT2D eigenvalue weighted by molar-refractivity contribution is 0.356. The highest BCUT2D eigenvalue weighted by atomic mass is 35.5. The van der Waals surface area contributed by atoms with Crippen LogP contribution in [0.15, 0.2) is 35.2 Å². The fraction of sp³-hybridized carbons (Fsp3) is 0.267. The van der Waals surface area contributed by atoms with E-state index in [1.165, 1.54) is 10.7 Å². The van der Waals surface area contributed by atoms with Crippen molar-refractivity contribution in [2.45, 2.75) is 6.92 Å². The highest BCUT2D eigenvalue weighted by molar-refractivity contribution is 6.22. The van der Waals surface area contributed by atoms with Gasteiger partial charge in [-0.05, 0) is 19.1 Å². The number of hydrogen-bond donors (Lipinski definition) is 1. The van der Waals surface area contributed by atoms with Gasteiger partial charge in [0.2, 0.25) is 5.96 Å². The Hall–Kier alpha value is -2.54. The molecule has 1 aromatic heterocycles. The molecule has 0 spiro atoms. The molecule has 0 radical (unpaired) electrons. The summed E-state index contributed by atoms with van der Waals surface area (Å²) in [5.74, 6) is 2.21. The molecule has 120 valence electrons. The number of rotatable bonds is 3. The third kappa shape index (κ3) is 3.00. The summed E-state index contributed by atoms with van der Waals surface area (Å²) in [6.45, 7) is 2.52. The molecule has 0 fully saturated rings. The van der Waals surface area contributed by atoms with E-state index in [4.69, 9.17) is 21.3 Å². The highest BCUT2D eigenvalue weighted by Gasteiger charge is 2.16. The van der Waals surface area contributed by atoms with Crippen LogP contribution in [0.5, 0.6) is 11.5 Å². The summed E-state index contributed by atoms with van der Waals surface area (Å²) < 4.78 is 12.1. The van der Waals surface area contributed by atoms with Crippen LogP contribution < -0.4 is 14.8 Å². The summed E-state index contributed by atoms with van der Waals surface area (Å²) in [6.07, 6.45) is 3.43. The maximum Gasteiger partial charge on any atom is 0.220 e. The molecule has 2 heterocycles. The van der Waals surface area contributed by atoms with Crippen LogP contribution in [-0.4, -0.2) is 41.1 Å². The molecular weight excluding hydrogens is 318 g/mol. The van der Waals surface area contributed by atoms with E-state index in [0.717, 1.165) is 11.1 Å². The van der Waals surface area contributed by atoms with Crippen molar-refractivity contribution in [2.75, 3.05) is 20.8 Å². The SMILES string of the molecule is COc1cc2ncnc(N=C3NC(C)=CCN3Cl)c2cc1OC. The lowest BCUT2D eigenvalue weighted by atomic mass is 10.2. The Morgan fingerprint density at radius 3 is 2.70 bits per heavy atom. The van der Waals surface area contributed by atoms with Crippen molar-refractivity contribution in [2.24, 2.45) is 4.99 Å². The maximum atomic E-state index is 6.16. The summed E-state index contributed by atoms with van der Waals surface area (Å²) >= 11 is 6.16. The number of guanidine groups is 1. The highest BCUT2D eigenvalue weighted by Crippen LogP contribution is 2.34. The van der Waals surface area contributed by atoms with Gasteiger partial charge in [-0.1, -0.05) is 0 Å². The predicted octanol–water partition coefficient (Wildman–Crippen LogP) is 2.60. The molecule has 2 aromatic rings. The van der Waals surface area contributed by atoms with E-state index < -0.39 is 0 Å². The first kappa shape index (κ1) is 15.4. The van der Waals surface area contributed by atoms with Crippen LogP contribution in [0.4, 0.5) is 5.82 Å². The van der Waals surface area contributed by atoms with Gasteiger partial charge in [-0.3, -0.25) is 4.42 Å². The zero-order valence-electron chi connectivity index (χ0n) is 13.0. The van der Waals surface area contributed by atoms with Crippen molar-refractivity contribution in [1.29, 1.82) is 0 Å². The summed E-state index contributed by atoms with van der Waals surface area (Å²) in [6, 6.07) is 3.59. The minimum Gasteiger partial charge on any atom is -0.493 e. The van der Waals surface area contributed by atoms with Gasteiger partial charge >= 0.3 is 0 Å². The van der Waals surface area contributed by atoms with Crippen LogP contribution >= 0.6 is 11.8 Å². The first-order valence-electron chi connectivity index (χ1n) is 6.95. The first-order chi connectivity index (χ1) is 11.1. The van der Waals surface area contributed by atoms with E-state index in [-0.39, 0.29) is 0 Å². The minimum absolute atomic E-state index is 0.499. The van der Waals surface area contributed by atoms with Gasteiger partial charge < -0.3 is 14.8 Å². The third-order valence-electron chi connectivity index (χ3n) is 3.43. The van der Waals surface area contributed by atoms with Gasteiger partial charge in [-0.25, -0.2) is 9.97 Å². The number of hydrogen-bond acceptors (Lipinski definition) is 5. The molecular formula is C15H16ClN5O2. The van der Waals surface area contributed by atoms with Crippen molar-refractivity contribution < 1.29 is 9.47 Å². The summed E-state index contributed by atoms with van der Waals surface area (Å²) in [5.41, 5.74) is 1.69. The largest absolute Gasteiger partial charge is 0.493 e. The summed E-state index contributed by atoms with van der Waals surface area (Å²) in [7, 11) is 3.16. The van der Waals surface area contributed by atoms with Gasteiger partial charge in [-0.15, -0.1) is 0 Å². The zero-order valence-corrected chi connectivity index (χ0v) is 13.8. The van der Waals surface area contributed by atoms with E-state index in [1.807, 2.05) is 13.0 Å². The average molecular weight is 334 g/mol. The number of nitrogens with one attached hydrogen (secondary N) is 1. The van der Waals surface area contributed by atoms with Gasteiger partial charge in [0.15, 0.2) is 17.3 Å². The Labute approximate surface area is 138 Å². The molecule has 7 nitrogen and oxygen atoms in total. The number of fused-ring (bicyclic) bond motifs is 1. The van der Waals surface area contributed by atoms with E-state index in [9.17, 15) is 0 Å². The number of halogens is 1. The molecule has 1 aromatic carbocycles. The standard InChI is InChI=1S/C15H16ClN5O2/c1-9-4-5-21(16)15(19-9)20-14-10-6-12(22-2)13(23-3)7-11(10)17-8-18-14/h4,6-8H,5H2,1-3H3,(H,17,18,19,20). The van der Waals surface area contributed by atoms with Gasteiger partial charge in [0.05, 0.1) is 26.3 Å². The van der Waals surface area contributed by atoms with Crippen molar-refractivity contribution in [3.05, 3.63) is 30.2 Å². The Morgan fingerprint density at radius 2 is 1.96 bits per heavy atom. The van der Waals surface area contributed by atoms with Crippen LogP contribution in [0.25, 0.3) is 10.9 Å². The molecule has 0 aliphatic carbocycles. The Morgan fingerprint density at radius 1 is 1.22 bits per heavy atom. The molecule has 3 rings (SSSR count). The molecule has 1 aliphatic heterocycles. The van der Waals surface area contributed by atoms with Crippen molar-refractivity contribution in [3.8, 4) is 11.5 Å². The number of nitrogens with zero attached hydrogens (tertiary/aromatic N) is 4. The Kier molecular flexibility index (Phi) is 4.20. The number of allylic oxidation sites excluding steroid dienone is 1. The fourth-order valence-corrected chi connectivity index (χ4v) is 2.38. The Bertz CT molecular complexity index is 806. The quantitative estimate of drug-likeness (QED) is 0.870. The topological polar surface area (TPSA) is 71.9 Å². The second kappa shape index (κ2) is 6.29. The second-order valence-electron chi connectivity index (χ2n) is 4.91. The molecule has 0 saturated carbocycles. The summed E-state index contributed by atoms with van der Waals surface area (Å²) in [4.78, 5) is 13.0. The lowest BCUT2D eigenvalue weighted by Gasteiger charge is -2.23. The first-order valence-corrected chi connectivity index (χ1v) is 7.28. The van der Waals surface area contributed by atoms with Crippen LogP contribution in [-0.2, 0) is 0 Å². The van der Waals surface area contributed by atoms with Crippen LogP contribution in [0, 0.1) is 0 Å². The van der Waals surface area contributed by atoms with E-state index >= 15 is 0 Å². The van der Waals surface area contributed by atoms with Gasteiger partial charge in [-0.2, -0.15) is 4.99 Å². The molecule has 1 aliphatic rings. The number of ether oxygens (including phenoxy) is 2. The van der Waals surface area contributed by atoms with Gasteiger partial charge in [0.1, 0.15) is 6.33 Å². The Balaban J connectivity index is 2.13. The zero-order chi connectivity index (χ0) is 16.4. The third-order valence-corrected chi connectivity index (χ3v) is 3.73. The number of benzene rings is 1. The molecule has 0 saturated heterocycles. The smallest absolute Gasteiger partial charge is 0.220 e. The van der Waals surface area contributed by atoms with E-state index in [0.29, 0.717) is 35.3 Å². The molecule has 8 heteroatoms. The average Bonchev–Trinajstić information content (AvgIpc) is 2.57. The van der Waals surface area contributed by atoms with Crippen LogP contribution in [0.3, 0.4) is 0 Å². The molecule has 0 unspecified atom stereocenters. The number of aliphatic imine (C=N–C) groups is 1. The van der Waals surface area contributed by atoms with E-state index in [2.05, 4.69) is 20.3 Å². The van der Waals surface area contributed by atoms with E-state index in [1.54, 1.807) is 26.4 Å². The lowest BCUT2D eigenvalue weighted by Crippen LogP contribution is -2.38. The molecule has 1 N–H and O–H groups in total. The number of methoxy groups -OCH3 is 2. The molecule has 0 amide bonds. The van der Waals surface area contributed by atoms with Gasteiger partial charge in [0, 0.05) is 28.9 Å². The second-order valence-corrected chi connectivity index (χ2v) is 5.32. The fourth-order valence-electron chi connectivity index (χ4n) is 2.23. The molecule has 0 bridgehead atoms. The van der Waals surface area contributed by atoms with Gasteiger partial charge in [0.25, 0.3) is 0 Å². The minimum atomic E-state index is 0.499. The molecule has 0 atom stereocenters. The number of aromatic nitrogens is 2.